The topological polar surface area (TPSA) is 56.1 Å². The van der Waals surface area contributed by atoms with Crippen molar-refractivity contribution in [2.45, 2.75) is 33.9 Å². The Bertz CT molecular complexity index is 1260. The second kappa shape index (κ2) is 9.69. The lowest BCUT2D eigenvalue weighted by atomic mass is 10.1. The molecule has 6 heteroatoms. The summed E-state index contributed by atoms with van der Waals surface area (Å²) in [5.41, 5.74) is 5.05. The highest BCUT2D eigenvalue weighted by molar-refractivity contribution is 6.03. The molecule has 1 amide bonds. The zero-order chi connectivity index (χ0) is 23.4. The van der Waals surface area contributed by atoms with Crippen LogP contribution in [0.3, 0.4) is 0 Å². The standard InChI is InChI=1S/C27H26FN3O2/c1-18-7-6-8-19(2)26(18)33-17-21-11-13-22(14-12-21)27(32)29-25-15-20(3)31(30-25)16-23-9-4-5-10-24(23)28/h4-15H,16-17H2,1-3H3,(H,29,30,32). The van der Waals surface area contributed by atoms with E-state index in [1.54, 1.807) is 41.1 Å². The first-order chi connectivity index (χ1) is 15.9. The predicted octanol–water partition coefficient (Wildman–Crippen LogP) is 5.83. The van der Waals surface area contributed by atoms with Crippen molar-refractivity contribution in [3.8, 4) is 5.75 Å². The quantitative estimate of drug-likeness (QED) is 0.391. The molecule has 1 aromatic heterocycles. The number of hydrogen-bond donors (Lipinski definition) is 1. The Balaban J connectivity index is 1.38. The van der Waals surface area contributed by atoms with Gasteiger partial charge in [0.05, 0.1) is 6.54 Å². The van der Waals surface area contributed by atoms with Crippen molar-refractivity contribution >= 4 is 11.7 Å². The highest BCUT2D eigenvalue weighted by Gasteiger charge is 2.12. The molecule has 3 aromatic carbocycles. The van der Waals surface area contributed by atoms with Gasteiger partial charge in [0.1, 0.15) is 18.2 Å². The van der Waals surface area contributed by atoms with E-state index in [0.29, 0.717) is 30.1 Å². The average molecular weight is 444 g/mol. The van der Waals surface area contributed by atoms with Crippen molar-refractivity contribution in [2.75, 3.05) is 5.32 Å². The number of aromatic nitrogens is 2. The fraction of sp³-hybridized carbons (Fsp3) is 0.185. The molecule has 1 N–H and O–H groups in total. The van der Waals surface area contributed by atoms with Gasteiger partial charge < -0.3 is 10.1 Å². The van der Waals surface area contributed by atoms with Crippen LogP contribution in [-0.2, 0) is 13.2 Å². The van der Waals surface area contributed by atoms with Crippen LogP contribution in [0.1, 0.15) is 38.3 Å². The second-order valence-corrected chi connectivity index (χ2v) is 8.08. The van der Waals surface area contributed by atoms with Gasteiger partial charge in [0, 0.05) is 22.9 Å². The monoisotopic (exact) mass is 443 g/mol. The van der Waals surface area contributed by atoms with Gasteiger partial charge in [-0.3, -0.25) is 9.48 Å². The number of ether oxygens (including phenoxy) is 1. The predicted molar refractivity (Wildman–Crippen MR) is 127 cm³/mol. The SMILES string of the molecule is Cc1cccc(C)c1OCc1ccc(C(=O)Nc2cc(C)n(Cc3ccccc3F)n2)cc1. The summed E-state index contributed by atoms with van der Waals surface area (Å²) in [6.07, 6.45) is 0. The van der Waals surface area contributed by atoms with Crippen molar-refractivity contribution in [1.82, 2.24) is 9.78 Å². The lowest BCUT2D eigenvalue weighted by molar-refractivity contribution is 0.102. The fourth-order valence-corrected chi connectivity index (χ4v) is 3.64. The Kier molecular flexibility index (Phi) is 6.54. The van der Waals surface area contributed by atoms with E-state index in [4.69, 9.17) is 4.74 Å². The molecule has 0 unspecified atom stereocenters. The molecule has 0 aliphatic carbocycles. The number of aryl methyl sites for hydroxylation is 3. The largest absolute Gasteiger partial charge is 0.488 e. The summed E-state index contributed by atoms with van der Waals surface area (Å²) in [7, 11) is 0. The first-order valence-electron chi connectivity index (χ1n) is 10.8. The third-order valence-corrected chi connectivity index (χ3v) is 5.51. The van der Waals surface area contributed by atoms with Crippen molar-refractivity contribution in [3.63, 3.8) is 0 Å². The van der Waals surface area contributed by atoms with E-state index in [0.717, 1.165) is 28.1 Å². The van der Waals surface area contributed by atoms with E-state index in [-0.39, 0.29) is 11.7 Å². The molecule has 5 nitrogen and oxygen atoms in total. The maximum atomic E-state index is 13.9. The lowest BCUT2D eigenvalue weighted by Crippen LogP contribution is -2.13. The van der Waals surface area contributed by atoms with Crippen LogP contribution >= 0.6 is 0 Å². The minimum atomic E-state index is -0.278. The summed E-state index contributed by atoms with van der Waals surface area (Å²) in [5.74, 6) is 0.782. The Labute approximate surface area is 192 Å². The molecule has 0 saturated heterocycles. The maximum Gasteiger partial charge on any atom is 0.256 e. The van der Waals surface area contributed by atoms with Crippen molar-refractivity contribution < 1.29 is 13.9 Å². The van der Waals surface area contributed by atoms with Crippen LogP contribution in [0.25, 0.3) is 0 Å². The molecule has 0 aliphatic heterocycles. The van der Waals surface area contributed by atoms with Gasteiger partial charge in [0.2, 0.25) is 0 Å². The number of hydrogen-bond acceptors (Lipinski definition) is 3. The highest BCUT2D eigenvalue weighted by Crippen LogP contribution is 2.23. The van der Waals surface area contributed by atoms with Crippen LogP contribution in [0.5, 0.6) is 5.75 Å². The number of para-hydroxylation sites is 1. The van der Waals surface area contributed by atoms with Gasteiger partial charge in [-0.05, 0) is 55.7 Å². The average Bonchev–Trinajstić information content (AvgIpc) is 3.14. The first kappa shape index (κ1) is 22.3. The molecular formula is C27H26FN3O2. The van der Waals surface area contributed by atoms with Gasteiger partial charge in [-0.25, -0.2) is 4.39 Å². The summed E-state index contributed by atoms with van der Waals surface area (Å²) in [5, 5.41) is 7.22. The van der Waals surface area contributed by atoms with Gasteiger partial charge in [0.15, 0.2) is 5.82 Å². The van der Waals surface area contributed by atoms with Crippen molar-refractivity contribution in [1.29, 1.82) is 0 Å². The molecule has 4 aromatic rings. The molecule has 0 fully saturated rings. The zero-order valence-electron chi connectivity index (χ0n) is 18.9. The molecule has 168 valence electrons. The van der Waals surface area contributed by atoms with E-state index < -0.39 is 0 Å². The van der Waals surface area contributed by atoms with Gasteiger partial charge >= 0.3 is 0 Å². The zero-order valence-corrected chi connectivity index (χ0v) is 18.9. The number of carbonyl (C=O) groups excluding carboxylic acids is 1. The summed E-state index contributed by atoms with van der Waals surface area (Å²) < 4.78 is 21.6. The van der Waals surface area contributed by atoms with Crippen LogP contribution < -0.4 is 10.1 Å². The number of benzene rings is 3. The number of nitrogens with zero attached hydrogens (tertiary/aromatic N) is 2. The van der Waals surface area contributed by atoms with Crippen LogP contribution in [0.2, 0.25) is 0 Å². The Morgan fingerprint density at radius 3 is 2.36 bits per heavy atom. The lowest BCUT2D eigenvalue weighted by Gasteiger charge is -2.12. The number of nitrogens with one attached hydrogen (secondary N) is 1. The number of rotatable bonds is 7. The number of carbonyl (C=O) groups is 1. The normalized spacial score (nSPS) is 10.8. The molecule has 0 spiro atoms. The van der Waals surface area contributed by atoms with E-state index in [1.807, 2.05) is 51.1 Å². The number of anilines is 1. The Hall–Kier alpha value is -3.93. The molecule has 0 atom stereocenters. The van der Waals surface area contributed by atoms with Gasteiger partial charge in [-0.1, -0.05) is 48.5 Å². The van der Waals surface area contributed by atoms with E-state index in [1.165, 1.54) is 6.07 Å². The molecule has 0 bridgehead atoms. The summed E-state index contributed by atoms with van der Waals surface area (Å²) in [6, 6.07) is 21.7. The third kappa shape index (κ3) is 5.29. The number of amides is 1. The summed E-state index contributed by atoms with van der Waals surface area (Å²) >= 11 is 0. The molecule has 0 aliphatic rings. The molecule has 0 radical (unpaired) electrons. The second-order valence-electron chi connectivity index (χ2n) is 8.08. The van der Waals surface area contributed by atoms with Gasteiger partial charge in [-0.2, -0.15) is 5.10 Å². The minimum absolute atomic E-state index is 0.257. The van der Waals surface area contributed by atoms with Crippen LogP contribution in [-0.4, -0.2) is 15.7 Å². The molecule has 33 heavy (non-hydrogen) atoms. The van der Waals surface area contributed by atoms with Crippen LogP contribution in [0, 0.1) is 26.6 Å². The number of halogens is 1. The third-order valence-electron chi connectivity index (χ3n) is 5.51. The van der Waals surface area contributed by atoms with Crippen molar-refractivity contribution in [3.05, 3.63) is 112 Å². The van der Waals surface area contributed by atoms with Gasteiger partial charge in [-0.15, -0.1) is 0 Å². The van der Waals surface area contributed by atoms with E-state index in [9.17, 15) is 9.18 Å². The van der Waals surface area contributed by atoms with Gasteiger partial charge in [0.25, 0.3) is 5.91 Å². The Morgan fingerprint density at radius 2 is 1.67 bits per heavy atom. The first-order valence-corrected chi connectivity index (χ1v) is 10.8. The van der Waals surface area contributed by atoms with Crippen LogP contribution in [0.15, 0.2) is 72.8 Å². The molecule has 1 heterocycles. The summed E-state index contributed by atoms with van der Waals surface area (Å²) in [4.78, 5) is 12.7. The minimum Gasteiger partial charge on any atom is -0.488 e. The maximum absolute atomic E-state index is 13.9. The molecule has 0 saturated carbocycles. The van der Waals surface area contributed by atoms with Crippen LogP contribution in [0.4, 0.5) is 10.2 Å². The van der Waals surface area contributed by atoms with Crippen molar-refractivity contribution in [2.24, 2.45) is 0 Å². The fourth-order valence-electron chi connectivity index (χ4n) is 3.64. The smallest absolute Gasteiger partial charge is 0.256 e. The molecule has 4 rings (SSSR count). The Morgan fingerprint density at radius 1 is 0.970 bits per heavy atom. The van der Waals surface area contributed by atoms with E-state index >= 15 is 0 Å². The highest BCUT2D eigenvalue weighted by atomic mass is 19.1. The summed E-state index contributed by atoms with van der Waals surface area (Å²) in [6.45, 7) is 6.63. The molecular weight excluding hydrogens is 417 g/mol. The van der Waals surface area contributed by atoms with E-state index in [2.05, 4.69) is 10.4 Å².